The summed E-state index contributed by atoms with van der Waals surface area (Å²) in [7, 11) is 0. The lowest BCUT2D eigenvalue weighted by Crippen LogP contribution is -2.03. The number of carbonyl (C=O) groups is 1. The Morgan fingerprint density at radius 3 is 2.64 bits per heavy atom. The first-order valence-corrected chi connectivity index (χ1v) is 7.23. The zero-order valence-electron chi connectivity index (χ0n) is 12.2. The van der Waals surface area contributed by atoms with Crippen molar-refractivity contribution in [3.05, 3.63) is 64.3 Å². The number of hydrogen-bond donors (Lipinski definition) is 0. The molecule has 0 unspecified atom stereocenters. The molecule has 0 aliphatic rings. The minimum absolute atomic E-state index is 0.295. The summed E-state index contributed by atoms with van der Waals surface area (Å²) in [5.41, 5.74) is 4.89. The smallest absolute Gasteiger partial charge is 0.172 e. The Bertz CT molecular complexity index is 855. The van der Waals surface area contributed by atoms with Crippen LogP contribution in [0, 0.1) is 13.8 Å². The van der Waals surface area contributed by atoms with Crippen LogP contribution in [0.15, 0.2) is 42.5 Å². The number of nitrogens with zero attached hydrogens (tertiary/aromatic N) is 3. The van der Waals surface area contributed by atoms with E-state index >= 15 is 0 Å². The van der Waals surface area contributed by atoms with Gasteiger partial charge in [0.15, 0.2) is 12.0 Å². The van der Waals surface area contributed by atoms with E-state index in [1.165, 1.54) is 0 Å². The van der Waals surface area contributed by atoms with Crippen molar-refractivity contribution in [3.63, 3.8) is 0 Å². The van der Waals surface area contributed by atoms with Gasteiger partial charge in [-0.3, -0.25) is 4.79 Å². The van der Waals surface area contributed by atoms with Crippen molar-refractivity contribution >= 4 is 17.9 Å². The minimum atomic E-state index is 0.295. The second-order valence-corrected chi connectivity index (χ2v) is 5.52. The number of rotatable bonds is 3. The lowest BCUT2D eigenvalue weighted by molar-refractivity contribution is 0.111. The Morgan fingerprint density at radius 2 is 1.91 bits per heavy atom. The summed E-state index contributed by atoms with van der Waals surface area (Å²) in [6, 6.07) is 13.3. The van der Waals surface area contributed by atoms with E-state index in [2.05, 4.69) is 10.3 Å². The van der Waals surface area contributed by atoms with Crippen LogP contribution in [0.3, 0.4) is 0 Å². The van der Waals surface area contributed by atoms with Gasteiger partial charge in [-0.25, -0.2) is 4.68 Å². The van der Waals surface area contributed by atoms with Crippen molar-refractivity contribution < 1.29 is 4.79 Å². The number of aldehydes is 1. The predicted molar refractivity (Wildman–Crippen MR) is 86.7 cm³/mol. The largest absolute Gasteiger partial charge is 0.296 e. The van der Waals surface area contributed by atoms with E-state index in [0.29, 0.717) is 22.7 Å². The fourth-order valence-corrected chi connectivity index (χ4v) is 2.60. The van der Waals surface area contributed by atoms with Gasteiger partial charge >= 0.3 is 0 Å². The molecular weight excluding hydrogens is 298 g/mol. The molecule has 0 radical (unpaired) electrons. The van der Waals surface area contributed by atoms with Crippen molar-refractivity contribution in [2.45, 2.75) is 13.8 Å². The van der Waals surface area contributed by atoms with Crippen molar-refractivity contribution in [2.75, 3.05) is 0 Å². The van der Waals surface area contributed by atoms with Crippen LogP contribution >= 0.6 is 11.6 Å². The molecule has 0 aliphatic carbocycles. The summed E-state index contributed by atoms with van der Waals surface area (Å²) in [6.07, 6.45) is 0.713. The van der Waals surface area contributed by atoms with Gasteiger partial charge in [0.25, 0.3) is 0 Å². The zero-order chi connectivity index (χ0) is 15.7. The maximum Gasteiger partial charge on any atom is 0.172 e. The van der Waals surface area contributed by atoms with Gasteiger partial charge in [0.1, 0.15) is 5.69 Å². The molecule has 0 saturated heterocycles. The molecular formula is C17H14ClN3O. The molecule has 1 heterocycles. The first-order valence-electron chi connectivity index (χ1n) is 6.85. The normalized spacial score (nSPS) is 10.7. The number of benzene rings is 2. The first-order chi connectivity index (χ1) is 10.6. The zero-order valence-corrected chi connectivity index (χ0v) is 13.0. The number of halogens is 1. The molecule has 2 aromatic carbocycles. The first kappa shape index (κ1) is 14.5. The standard InChI is InChI=1S/C17H14ClN3O/c1-11-5-3-8-16(12(11)2)21-17(15(10-22)19-20-21)13-6-4-7-14(18)9-13/h3-10H,1-2H3. The number of carbonyl (C=O) groups excluding carboxylic acids is 1. The topological polar surface area (TPSA) is 47.8 Å². The maximum atomic E-state index is 11.3. The van der Waals surface area contributed by atoms with Crippen LogP contribution in [-0.4, -0.2) is 21.3 Å². The van der Waals surface area contributed by atoms with Gasteiger partial charge in [-0.15, -0.1) is 5.10 Å². The van der Waals surface area contributed by atoms with Gasteiger partial charge in [0.05, 0.1) is 5.69 Å². The fraction of sp³-hybridized carbons (Fsp3) is 0.118. The minimum Gasteiger partial charge on any atom is -0.296 e. The molecule has 22 heavy (non-hydrogen) atoms. The maximum absolute atomic E-state index is 11.3. The van der Waals surface area contributed by atoms with Crippen LogP contribution in [0.5, 0.6) is 0 Å². The molecule has 3 rings (SSSR count). The molecule has 0 saturated carbocycles. The Hall–Kier alpha value is -2.46. The van der Waals surface area contributed by atoms with Crippen LogP contribution in [0.2, 0.25) is 5.02 Å². The van der Waals surface area contributed by atoms with Crippen molar-refractivity contribution in [2.24, 2.45) is 0 Å². The summed E-state index contributed by atoms with van der Waals surface area (Å²) >= 11 is 6.07. The molecule has 0 aliphatic heterocycles. The molecule has 0 spiro atoms. The van der Waals surface area contributed by atoms with E-state index in [1.54, 1.807) is 16.8 Å². The average Bonchev–Trinajstić information content (AvgIpc) is 2.93. The predicted octanol–water partition coefficient (Wildman–Crippen LogP) is 4.02. The molecule has 0 atom stereocenters. The monoisotopic (exact) mass is 311 g/mol. The Balaban J connectivity index is 2.28. The van der Waals surface area contributed by atoms with Crippen LogP contribution in [0.1, 0.15) is 21.6 Å². The lowest BCUT2D eigenvalue weighted by atomic mass is 10.1. The van der Waals surface area contributed by atoms with Crippen LogP contribution in [-0.2, 0) is 0 Å². The summed E-state index contributed by atoms with van der Waals surface area (Å²) < 4.78 is 1.69. The highest BCUT2D eigenvalue weighted by Crippen LogP contribution is 2.28. The highest BCUT2D eigenvalue weighted by Gasteiger charge is 2.17. The van der Waals surface area contributed by atoms with Gasteiger partial charge in [-0.1, -0.05) is 41.1 Å². The third kappa shape index (κ3) is 2.42. The average molecular weight is 312 g/mol. The van der Waals surface area contributed by atoms with Gasteiger partial charge in [-0.2, -0.15) is 0 Å². The van der Waals surface area contributed by atoms with E-state index in [0.717, 1.165) is 22.4 Å². The molecule has 0 bridgehead atoms. The molecule has 0 N–H and O–H groups in total. The van der Waals surface area contributed by atoms with E-state index < -0.39 is 0 Å². The van der Waals surface area contributed by atoms with Crippen molar-refractivity contribution in [3.8, 4) is 16.9 Å². The highest BCUT2D eigenvalue weighted by atomic mass is 35.5. The molecule has 0 fully saturated rings. The quantitative estimate of drug-likeness (QED) is 0.686. The van der Waals surface area contributed by atoms with Gasteiger partial charge in [-0.05, 0) is 43.2 Å². The number of aryl methyl sites for hydroxylation is 1. The van der Waals surface area contributed by atoms with E-state index in [9.17, 15) is 4.79 Å². The Kier molecular flexibility index (Phi) is 3.77. The van der Waals surface area contributed by atoms with E-state index in [-0.39, 0.29) is 0 Å². The van der Waals surface area contributed by atoms with Crippen LogP contribution in [0.4, 0.5) is 0 Å². The lowest BCUT2D eigenvalue weighted by Gasteiger charge is -2.11. The number of hydrogen-bond acceptors (Lipinski definition) is 3. The van der Waals surface area contributed by atoms with Crippen LogP contribution < -0.4 is 0 Å². The highest BCUT2D eigenvalue weighted by molar-refractivity contribution is 6.30. The Labute approximate surface area is 133 Å². The second kappa shape index (κ2) is 5.73. The van der Waals surface area contributed by atoms with Gasteiger partial charge in [0, 0.05) is 10.6 Å². The van der Waals surface area contributed by atoms with Crippen molar-refractivity contribution in [1.82, 2.24) is 15.0 Å². The number of aromatic nitrogens is 3. The van der Waals surface area contributed by atoms with Crippen molar-refractivity contribution in [1.29, 1.82) is 0 Å². The third-order valence-electron chi connectivity index (χ3n) is 3.71. The molecule has 0 amide bonds. The van der Waals surface area contributed by atoms with E-state index in [4.69, 9.17) is 11.6 Å². The second-order valence-electron chi connectivity index (χ2n) is 5.08. The molecule has 110 valence electrons. The van der Waals surface area contributed by atoms with Gasteiger partial charge in [0.2, 0.25) is 0 Å². The molecule has 3 aromatic rings. The molecule has 5 heteroatoms. The van der Waals surface area contributed by atoms with Crippen LogP contribution in [0.25, 0.3) is 16.9 Å². The summed E-state index contributed by atoms with van der Waals surface area (Å²) in [6.45, 7) is 4.06. The summed E-state index contributed by atoms with van der Waals surface area (Å²) in [4.78, 5) is 11.3. The third-order valence-corrected chi connectivity index (χ3v) is 3.95. The molecule has 4 nitrogen and oxygen atoms in total. The SMILES string of the molecule is Cc1cccc(-n2nnc(C=O)c2-c2cccc(Cl)c2)c1C. The fourth-order valence-electron chi connectivity index (χ4n) is 2.41. The van der Waals surface area contributed by atoms with E-state index in [1.807, 2.05) is 44.2 Å². The summed E-state index contributed by atoms with van der Waals surface area (Å²) in [5, 5.41) is 8.75. The van der Waals surface area contributed by atoms with Gasteiger partial charge < -0.3 is 0 Å². The Morgan fingerprint density at radius 1 is 1.14 bits per heavy atom. The molecule has 1 aromatic heterocycles. The summed E-state index contributed by atoms with van der Waals surface area (Å²) in [5.74, 6) is 0.